The molecule has 4 heteroatoms. The molecule has 0 fully saturated rings. The maximum atomic E-state index is 13.8. The van der Waals surface area contributed by atoms with E-state index in [0.29, 0.717) is 5.41 Å². The fourth-order valence-corrected chi connectivity index (χ4v) is 2.56. The molecule has 0 saturated heterocycles. The summed E-state index contributed by atoms with van der Waals surface area (Å²) < 4.78 is 37.6. The van der Waals surface area contributed by atoms with E-state index in [9.17, 15) is 12.8 Å². The Balaban J connectivity index is 2.39. The van der Waals surface area contributed by atoms with Gasteiger partial charge in [0.05, 0.1) is 10.3 Å². The Morgan fingerprint density at radius 2 is 1.39 bits per heavy atom. The van der Waals surface area contributed by atoms with E-state index in [1.165, 1.54) is 24.3 Å². The zero-order chi connectivity index (χ0) is 13.0. The van der Waals surface area contributed by atoms with Gasteiger partial charge in [-0.1, -0.05) is 48.5 Å². The zero-order valence-electron chi connectivity index (χ0n) is 9.45. The molecule has 2 rings (SSSR count). The minimum Gasteiger partial charge on any atom is -0.219 e. The van der Waals surface area contributed by atoms with E-state index in [1.807, 2.05) is 0 Å². The SMILES string of the molecule is O=S(=O)(/C=C(\F)c1ccccc1)c1ccccc1. The largest absolute Gasteiger partial charge is 0.219 e. The molecule has 2 nitrogen and oxygen atoms in total. The van der Waals surface area contributed by atoms with E-state index in [1.54, 1.807) is 36.4 Å². The normalized spacial score (nSPS) is 12.4. The first-order valence-electron chi connectivity index (χ1n) is 5.32. The van der Waals surface area contributed by atoms with Crippen molar-refractivity contribution in [3.63, 3.8) is 0 Å². The highest BCUT2D eigenvalue weighted by Crippen LogP contribution is 2.20. The quantitative estimate of drug-likeness (QED) is 0.849. The van der Waals surface area contributed by atoms with Gasteiger partial charge in [-0.3, -0.25) is 0 Å². The number of sulfone groups is 1. The maximum absolute atomic E-state index is 13.8. The van der Waals surface area contributed by atoms with Gasteiger partial charge in [-0.05, 0) is 12.1 Å². The Bertz CT molecular complexity index is 647. The fraction of sp³-hybridized carbons (Fsp3) is 0. The van der Waals surface area contributed by atoms with Crippen molar-refractivity contribution in [2.75, 3.05) is 0 Å². The summed E-state index contributed by atoms with van der Waals surface area (Å²) in [6, 6.07) is 15.9. The molecular weight excluding hydrogens is 251 g/mol. The highest BCUT2D eigenvalue weighted by atomic mass is 32.2. The summed E-state index contributed by atoms with van der Waals surface area (Å²) in [7, 11) is -3.74. The van der Waals surface area contributed by atoms with Gasteiger partial charge in [-0.15, -0.1) is 0 Å². The average Bonchev–Trinajstić information content (AvgIpc) is 2.40. The van der Waals surface area contributed by atoms with Crippen LogP contribution < -0.4 is 0 Å². The molecule has 0 aliphatic heterocycles. The van der Waals surface area contributed by atoms with Crippen molar-refractivity contribution < 1.29 is 12.8 Å². The second kappa shape index (κ2) is 5.14. The van der Waals surface area contributed by atoms with Crippen LogP contribution in [-0.4, -0.2) is 8.42 Å². The van der Waals surface area contributed by atoms with E-state index < -0.39 is 15.7 Å². The zero-order valence-corrected chi connectivity index (χ0v) is 10.3. The Hall–Kier alpha value is -1.94. The van der Waals surface area contributed by atoms with Crippen LogP contribution in [0.2, 0.25) is 0 Å². The summed E-state index contributed by atoms with van der Waals surface area (Å²) in [5.74, 6) is -0.764. The molecule has 0 bridgehead atoms. The fourth-order valence-electron chi connectivity index (χ4n) is 1.48. The smallest absolute Gasteiger partial charge is 0.202 e. The van der Waals surface area contributed by atoms with Crippen LogP contribution in [0, 0.1) is 0 Å². The molecule has 0 aliphatic rings. The molecule has 2 aromatic carbocycles. The average molecular weight is 262 g/mol. The molecule has 0 spiro atoms. The number of hydrogen-bond donors (Lipinski definition) is 0. The minimum atomic E-state index is -3.74. The lowest BCUT2D eigenvalue weighted by Crippen LogP contribution is -1.96. The van der Waals surface area contributed by atoms with Crippen LogP contribution in [0.5, 0.6) is 0 Å². The molecule has 2 aromatic rings. The van der Waals surface area contributed by atoms with Crippen molar-refractivity contribution in [1.82, 2.24) is 0 Å². The number of hydrogen-bond acceptors (Lipinski definition) is 2. The van der Waals surface area contributed by atoms with Gasteiger partial charge in [0.2, 0.25) is 9.84 Å². The third-order valence-electron chi connectivity index (χ3n) is 2.38. The highest BCUT2D eigenvalue weighted by molar-refractivity contribution is 7.94. The van der Waals surface area contributed by atoms with Crippen LogP contribution in [-0.2, 0) is 9.84 Å². The third kappa shape index (κ3) is 2.84. The second-order valence-electron chi connectivity index (χ2n) is 3.69. The molecule has 0 radical (unpaired) electrons. The molecule has 0 N–H and O–H groups in total. The van der Waals surface area contributed by atoms with Crippen LogP contribution in [0.3, 0.4) is 0 Å². The molecule has 0 saturated carbocycles. The van der Waals surface area contributed by atoms with Crippen LogP contribution in [0.25, 0.3) is 5.83 Å². The lowest BCUT2D eigenvalue weighted by molar-refractivity contribution is 0.604. The Morgan fingerprint density at radius 3 is 1.94 bits per heavy atom. The van der Waals surface area contributed by atoms with Crippen LogP contribution in [0.1, 0.15) is 5.56 Å². The monoisotopic (exact) mass is 262 g/mol. The number of rotatable bonds is 3. The van der Waals surface area contributed by atoms with E-state index >= 15 is 0 Å². The Labute approximate surface area is 105 Å². The Morgan fingerprint density at radius 1 is 0.889 bits per heavy atom. The van der Waals surface area contributed by atoms with Crippen molar-refractivity contribution >= 4 is 15.7 Å². The first-order valence-corrected chi connectivity index (χ1v) is 6.87. The predicted octanol–water partition coefficient (Wildman–Crippen LogP) is 3.43. The van der Waals surface area contributed by atoms with Gasteiger partial charge >= 0.3 is 0 Å². The molecule has 92 valence electrons. The molecule has 0 aromatic heterocycles. The topological polar surface area (TPSA) is 34.1 Å². The van der Waals surface area contributed by atoms with Crippen molar-refractivity contribution in [3.8, 4) is 0 Å². The first kappa shape index (κ1) is 12.5. The summed E-state index contributed by atoms with van der Waals surface area (Å²) in [6.45, 7) is 0. The first-order chi connectivity index (χ1) is 8.59. The van der Waals surface area contributed by atoms with Crippen molar-refractivity contribution in [2.24, 2.45) is 0 Å². The van der Waals surface area contributed by atoms with Gasteiger partial charge in [-0.25, -0.2) is 12.8 Å². The second-order valence-corrected chi connectivity index (χ2v) is 5.49. The van der Waals surface area contributed by atoms with Crippen LogP contribution >= 0.6 is 0 Å². The molecule has 0 aliphatic carbocycles. The predicted molar refractivity (Wildman–Crippen MR) is 69.2 cm³/mol. The molecular formula is C14H11FO2S. The molecule has 0 amide bonds. The van der Waals surface area contributed by atoms with E-state index in [0.717, 1.165) is 0 Å². The molecule has 0 atom stereocenters. The standard InChI is InChI=1S/C14H11FO2S/c15-14(12-7-3-1-4-8-12)11-18(16,17)13-9-5-2-6-10-13/h1-11H/b14-11-. The Kier molecular flexibility index (Phi) is 3.58. The summed E-state index contributed by atoms with van der Waals surface area (Å²) in [5, 5.41) is 0.650. The van der Waals surface area contributed by atoms with Crippen molar-refractivity contribution in [1.29, 1.82) is 0 Å². The number of halogens is 1. The summed E-state index contributed by atoms with van der Waals surface area (Å²) in [6.07, 6.45) is 0. The van der Waals surface area contributed by atoms with E-state index in [-0.39, 0.29) is 10.5 Å². The van der Waals surface area contributed by atoms with Gasteiger partial charge < -0.3 is 0 Å². The lowest BCUT2D eigenvalue weighted by atomic mass is 10.2. The van der Waals surface area contributed by atoms with Crippen molar-refractivity contribution in [3.05, 3.63) is 71.6 Å². The van der Waals surface area contributed by atoms with Crippen LogP contribution in [0.4, 0.5) is 4.39 Å². The molecule has 0 heterocycles. The highest BCUT2D eigenvalue weighted by Gasteiger charge is 2.13. The molecule has 0 unspecified atom stereocenters. The van der Waals surface area contributed by atoms with Gasteiger partial charge in [0.15, 0.2) is 0 Å². The number of benzene rings is 2. The third-order valence-corrected chi connectivity index (χ3v) is 3.83. The minimum absolute atomic E-state index is 0.0797. The van der Waals surface area contributed by atoms with Gasteiger partial charge in [-0.2, -0.15) is 0 Å². The van der Waals surface area contributed by atoms with Gasteiger partial charge in [0.25, 0.3) is 0 Å². The van der Waals surface area contributed by atoms with Crippen molar-refractivity contribution in [2.45, 2.75) is 4.90 Å². The van der Waals surface area contributed by atoms with E-state index in [4.69, 9.17) is 0 Å². The summed E-state index contributed by atoms with van der Waals surface area (Å²) in [5.41, 5.74) is 0.247. The van der Waals surface area contributed by atoms with Crippen LogP contribution in [0.15, 0.2) is 71.0 Å². The maximum Gasteiger partial charge on any atom is 0.202 e. The van der Waals surface area contributed by atoms with Gasteiger partial charge in [0.1, 0.15) is 5.83 Å². The summed E-state index contributed by atoms with van der Waals surface area (Å²) >= 11 is 0. The lowest BCUT2D eigenvalue weighted by Gasteiger charge is -2.00. The van der Waals surface area contributed by atoms with Gasteiger partial charge in [0, 0.05) is 5.56 Å². The molecule has 18 heavy (non-hydrogen) atoms. The van der Waals surface area contributed by atoms with E-state index in [2.05, 4.69) is 0 Å². The summed E-state index contributed by atoms with van der Waals surface area (Å²) in [4.78, 5) is 0.0797.